The molecule has 0 saturated carbocycles. The summed E-state index contributed by atoms with van der Waals surface area (Å²) >= 11 is 1.05. The molecule has 9 heteroatoms. The van der Waals surface area contributed by atoms with Crippen molar-refractivity contribution in [3.63, 3.8) is 0 Å². The van der Waals surface area contributed by atoms with Crippen LogP contribution >= 0.6 is 11.3 Å². The number of carbonyl (C=O) groups excluding carboxylic acids is 2. The predicted octanol–water partition coefficient (Wildman–Crippen LogP) is 2.69. The number of pyridine rings is 1. The topological polar surface area (TPSA) is 120 Å². The standard InChI is InChI=1S/C18H17N5O3S/c1-2-11-5-7-12(8-6-11)21-16(24)17-23-22-14(27-17)10-26-18(25)15-13(19)4-3-9-20-15/h3-9H,2,10,19H2,1H3,(H,21,24). The first-order valence-corrected chi connectivity index (χ1v) is 8.98. The molecule has 0 radical (unpaired) electrons. The van der Waals surface area contributed by atoms with Gasteiger partial charge in [-0.3, -0.25) is 4.79 Å². The van der Waals surface area contributed by atoms with E-state index in [0.717, 1.165) is 17.8 Å². The Hall–Kier alpha value is -3.33. The van der Waals surface area contributed by atoms with Crippen LogP contribution in [0, 0.1) is 0 Å². The third kappa shape index (κ3) is 4.64. The molecule has 3 rings (SSSR count). The van der Waals surface area contributed by atoms with Crippen LogP contribution in [-0.4, -0.2) is 27.1 Å². The Labute approximate surface area is 159 Å². The third-order valence-electron chi connectivity index (χ3n) is 3.64. The fourth-order valence-corrected chi connectivity index (χ4v) is 2.84. The molecule has 0 atom stereocenters. The molecule has 27 heavy (non-hydrogen) atoms. The van der Waals surface area contributed by atoms with E-state index in [0.29, 0.717) is 10.7 Å². The van der Waals surface area contributed by atoms with Crippen LogP contribution in [0.2, 0.25) is 0 Å². The lowest BCUT2D eigenvalue weighted by atomic mass is 10.1. The zero-order valence-corrected chi connectivity index (χ0v) is 15.3. The largest absolute Gasteiger partial charge is 0.453 e. The smallest absolute Gasteiger partial charge is 0.359 e. The molecule has 0 saturated heterocycles. The van der Waals surface area contributed by atoms with Crippen LogP contribution < -0.4 is 11.1 Å². The summed E-state index contributed by atoms with van der Waals surface area (Å²) in [5, 5.41) is 11.0. The van der Waals surface area contributed by atoms with E-state index in [-0.39, 0.29) is 28.9 Å². The monoisotopic (exact) mass is 383 g/mol. The van der Waals surface area contributed by atoms with Gasteiger partial charge in [0.05, 0.1) is 5.69 Å². The number of nitrogen functional groups attached to an aromatic ring is 1. The quantitative estimate of drug-likeness (QED) is 0.628. The highest BCUT2D eigenvalue weighted by atomic mass is 32.1. The molecule has 0 aliphatic rings. The lowest BCUT2D eigenvalue weighted by molar-refractivity contribution is 0.0466. The fourth-order valence-electron chi connectivity index (χ4n) is 2.20. The first kappa shape index (κ1) is 18.5. The summed E-state index contributed by atoms with van der Waals surface area (Å²) in [4.78, 5) is 28.1. The fraction of sp³-hybridized carbons (Fsp3) is 0.167. The Bertz CT molecular complexity index is 956. The molecule has 8 nitrogen and oxygen atoms in total. The SMILES string of the molecule is CCc1ccc(NC(=O)c2nnc(COC(=O)c3ncccc3N)s2)cc1. The maximum Gasteiger partial charge on any atom is 0.359 e. The Balaban J connectivity index is 1.58. The van der Waals surface area contributed by atoms with Crippen LogP contribution in [0.15, 0.2) is 42.6 Å². The van der Waals surface area contributed by atoms with Crippen LogP contribution in [0.25, 0.3) is 0 Å². The van der Waals surface area contributed by atoms with E-state index < -0.39 is 5.97 Å². The van der Waals surface area contributed by atoms with Gasteiger partial charge >= 0.3 is 5.97 Å². The maximum absolute atomic E-state index is 12.2. The summed E-state index contributed by atoms with van der Waals surface area (Å²) in [6, 6.07) is 10.7. The summed E-state index contributed by atoms with van der Waals surface area (Å²) in [6.07, 6.45) is 2.38. The second-order valence-electron chi connectivity index (χ2n) is 5.52. The van der Waals surface area contributed by atoms with Crippen molar-refractivity contribution >= 4 is 34.6 Å². The average molecular weight is 383 g/mol. The van der Waals surface area contributed by atoms with Crippen LogP contribution in [0.5, 0.6) is 0 Å². The van der Waals surface area contributed by atoms with Gasteiger partial charge in [-0.2, -0.15) is 0 Å². The molecule has 138 valence electrons. The van der Waals surface area contributed by atoms with E-state index >= 15 is 0 Å². The van der Waals surface area contributed by atoms with Gasteiger partial charge in [0.25, 0.3) is 5.91 Å². The number of hydrogen-bond acceptors (Lipinski definition) is 8. The number of nitrogens with zero attached hydrogens (tertiary/aromatic N) is 3. The number of benzene rings is 1. The summed E-state index contributed by atoms with van der Waals surface area (Å²) in [5.74, 6) is -1.03. The molecular formula is C18H17N5O3S. The van der Waals surface area contributed by atoms with Gasteiger partial charge in [0.2, 0.25) is 5.01 Å². The molecule has 1 amide bonds. The van der Waals surface area contributed by atoms with Crippen molar-refractivity contribution in [1.29, 1.82) is 0 Å². The highest BCUT2D eigenvalue weighted by Gasteiger charge is 2.16. The van der Waals surface area contributed by atoms with Crippen molar-refractivity contribution in [1.82, 2.24) is 15.2 Å². The van der Waals surface area contributed by atoms with Crippen molar-refractivity contribution in [3.05, 3.63) is 63.9 Å². The molecular weight excluding hydrogens is 366 g/mol. The minimum Gasteiger partial charge on any atom is -0.453 e. The van der Waals surface area contributed by atoms with Gasteiger partial charge < -0.3 is 15.8 Å². The average Bonchev–Trinajstić information content (AvgIpc) is 3.16. The predicted molar refractivity (Wildman–Crippen MR) is 101 cm³/mol. The number of amides is 1. The van der Waals surface area contributed by atoms with E-state index in [9.17, 15) is 9.59 Å². The number of hydrogen-bond donors (Lipinski definition) is 2. The molecule has 2 aromatic heterocycles. The highest BCUT2D eigenvalue weighted by molar-refractivity contribution is 7.13. The van der Waals surface area contributed by atoms with Gasteiger partial charge in [-0.05, 0) is 36.2 Å². The third-order valence-corrected chi connectivity index (χ3v) is 4.54. The minimum absolute atomic E-state index is 0.0375. The number of ether oxygens (including phenoxy) is 1. The van der Waals surface area contributed by atoms with E-state index in [1.807, 2.05) is 24.3 Å². The Kier molecular flexibility index (Phi) is 5.72. The number of aryl methyl sites for hydroxylation is 1. The molecule has 0 unspecified atom stereocenters. The van der Waals surface area contributed by atoms with E-state index in [4.69, 9.17) is 10.5 Å². The number of aromatic nitrogens is 3. The lowest BCUT2D eigenvalue weighted by Crippen LogP contribution is -2.11. The highest BCUT2D eigenvalue weighted by Crippen LogP contribution is 2.16. The summed E-state index contributed by atoms with van der Waals surface area (Å²) < 4.78 is 5.13. The van der Waals surface area contributed by atoms with Crippen LogP contribution in [0.3, 0.4) is 0 Å². The van der Waals surface area contributed by atoms with Crippen molar-refractivity contribution in [2.45, 2.75) is 20.0 Å². The van der Waals surface area contributed by atoms with Crippen molar-refractivity contribution in [3.8, 4) is 0 Å². The van der Waals surface area contributed by atoms with E-state index in [1.165, 1.54) is 11.8 Å². The van der Waals surface area contributed by atoms with Gasteiger partial charge in [-0.1, -0.05) is 30.4 Å². The first-order chi connectivity index (χ1) is 13.1. The number of nitrogens with two attached hydrogens (primary N) is 1. The van der Waals surface area contributed by atoms with Crippen molar-refractivity contribution < 1.29 is 14.3 Å². The van der Waals surface area contributed by atoms with Crippen LogP contribution in [0.1, 0.15) is 37.8 Å². The van der Waals surface area contributed by atoms with E-state index in [1.54, 1.807) is 12.1 Å². The Morgan fingerprint density at radius 1 is 1.19 bits per heavy atom. The summed E-state index contributed by atoms with van der Waals surface area (Å²) in [7, 11) is 0. The van der Waals surface area contributed by atoms with Crippen molar-refractivity contribution in [2.75, 3.05) is 11.1 Å². The van der Waals surface area contributed by atoms with Gasteiger partial charge in [-0.15, -0.1) is 10.2 Å². The molecule has 0 aliphatic heterocycles. The van der Waals surface area contributed by atoms with Crippen LogP contribution in [-0.2, 0) is 17.8 Å². The second kappa shape index (κ2) is 8.37. The van der Waals surface area contributed by atoms with Crippen LogP contribution in [0.4, 0.5) is 11.4 Å². The van der Waals surface area contributed by atoms with Gasteiger partial charge in [0.15, 0.2) is 10.7 Å². The summed E-state index contributed by atoms with van der Waals surface area (Å²) in [6.45, 7) is 1.94. The minimum atomic E-state index is -0.662. The lowest BCUT2D eigenvalue weighted by Gasteiger charge is -2.04. The number of esters is 1. The number of nitrogens with one attached hydrogen (secondary N) is 1. The molecule has 3 N–H and O–H groups in total. The number of carbonyl (C=O) groups is 2. The normalized spacial score (nSPS) is 10.4. The molecule has 1 aromatic carbocycles. The number of anilines is 2. The summed E-state index contributed by atoms with van der Waals surface area (Å²) in [5.41, 5.74) is 7.81. The second-order valence-corrected chi connectivity index (χ2v) is 6.58. The Morgan fingerprint density at radius 2 is 1.96 bits per heavy atom. The molecule has 0 aliphatic carbocycles. The Morgan fingerprint density at radius 3 is 2.67 bits per heavy atom. The molecule has 0 spiro atoms. The molecule has 0 bridgehead atoms. The van der Waals surface area contributed by atoms with Gasteiger partial charge in [0.1, 0.15) is 6.61 Å². The molecule has 2 heterocycles. The maximum atomic E-state index is 12.2. The van der Waals surface area contributed by atoms with Crippen molar-refractivity contribution in [2.24, 2.45) is 0 Å². The van der Waals surface area contributed by atoms with Gasteiger partial charge in [0, 0.05) is 11.9 Å². The molecule has 0 fully saturated rings. The molecule has 3 aromatic rings. The van der Waals surface area contributed by atoms with E-state index in [2.05, 4.69) is 27.4 Å². The zero-order valence-electron chi connectivity index (χ0n) is 14.5. The van der Waals surface area contributed by atoms with Gasteiger partial charge in [-0.25, -0.2) is 9.78 Å². The zero-order chi connectivity index (χ0) is 19.2. The first-order valence-electron chi connectivity index (χ1n) is 8.17. The number of rotatable bonds is 6.